The van der Waals surface area contributed by atoms with Crippen molar-refractivity contribution in [2.75, 3.05) is 10.5 Å². The Morgan fingerprint density at radius 1 is 1.50 bits per heavy atom. The first-order valence-electron chi connectivity index (χ1n) is 3.66. The molecule has 1 aromatic carbocycles. The molecular formula is C8H7FN2O2S. The van der Waals surface area contributed by atoms with Crippen LogP contribution in [0.1, 0.15) is 0 Å². The van der Waals surface area contributed by atoms with E-state index in [1.54, 1.807) is 0 Å². The Balaban J connectivity index is 2.85. The Labute approximate surface area is 81.0 Å². The van der Waals surface area contributed by atoms with Crippen LogP contribution >= 0.6 is 0 Å². The first-order chi connectivity index (χ1) is 6.53. The van der Waals surface area contributed by atoms with Gasteiger partial charge in [0, 0.05) is 0 Å². The van der Waals surface area contributed by atoms with Crippen molar-refractivity contribution in [1.29, 1.82) is 5.26 Å². The van der Waals surface area contributed by atoms with Gasteiger partial charge in [0.2, 0.25) is 10.0 Å². The molecule has 0 aromatic heterocycles. The molecule has 0 aliphatic heterocycles. The minimum Gasteiger partial charge on any atom is -0.283 e. The molecule has 1 rings (SSSR count). The SMILES string of the molecule is N#CCS(=O)(=O)Nc1cccc(F)c1. The van der Waals surface area contributed by atoms with E-state index in [1.807, 2.05) is 0 Å². The second-order valence-corrected chi connectivity index (χ2v) is 4.25. The lowest BCUT2D eigenvalue weighted by atomic mass is 10.3. The van der Waals surface area contributed by atoms with Gasteiger partial charge in [-0.25, -0.2) is 12.8 Å². The third kappa shape index (κ3) is 3.03. The van der Waals surface area contributed by atoms with Gasteiger partial charge in [0.05, 0.1) is 11.8 Å². The Hall–Kier alpha value is -1.61. The number of hydrogen-bond acceptors (Lipinski definition) is 3. The van der Waals surface area contributed by atoms with Gasteiger partial charge in [0.25, 0.3) is 0 Å². The zero-order valence-corrected chi connectivity index (χ0v) is 7.88. The molecular weight excluding hydrogens is 207 g/mol. The summed E-state index contributed by atoms with van der Waals surface area (Å²) in [5.41, 5.74) is 0.111. The van der Waals surface area contributed by atoms with Gasteiger partial charge in [-0.05, 0) is 18.2 Å². The number of nitrogens with one attached hydrogen (secondary N) is 1. The van der Waals surface area contributed by atoms with Crippen molar-refractivity contribution in [3.63, 3.8) is 0 Å². The summed E-state index contributed by atoms with van der Waals surface area (Å²) in [6, 6.07) is 6.51. The topological polar surface area (TPSA) is 70.0 Å². The largest absolute Gasteiger partial charge is 0.283 e. The van der Waals surface area contributed by atoms with Crippen molar-refractivity contribution >= 4 is 15.7 Å². The fourth-order valence-corrected chi connectivity index (χ4v) is 1.58. The summed E-state index contributed by atoms with van der Waals surface area (Å²) < 4.78 is 36.8. The minimum absolute atomic E-state index is 0.111. The molecule has 1 aromatic rings. The Bertz CT molecular complexity index is 464. The van der Waals surface area contributed by atoms with Gasteiger partial charge in [0.15, 0.2) is 5.75 Å². The smallest absolute Gasteiger partial charge is 0.246 e. The molecule has 0 aliphatic carbocycles. The average molecular weight is 214 g/mol. The minimum atomic E-state index is -3.68. The van der Waals surface area contributed by atoms with Gasteiger partial charge in [-0.3, -0.25) is 4.72 Å². The van der Waals surface area contributed by atoms with Crippen molar-refractivity contribution in [2.24, 2.45) is 0 Å². The summed E-state index contributed by atoms with van der Waals surface area (Å²) in [5.74, 6) is -1.19. The van der Waals surface area contributed by atoms with Crippen LogP contribution in [0.15, 0.2) is 24.3 Å². The maximum Gasteiger partial charge on any atom is 0.246 e. The normalized spacial score (nSPS) is 10.6. The van der Waals surface area contributed by atoms with Gasteiger partial charge in [0.1, 0.15) is 5.82 Å². The van der Waals surface area contributed by atoms with Crippen LogP contribution < -0.4 is 4.72 Å². The molecule has 1 N–H and O–H groups in total. The van der Waals surface area contributed by atoms with E-state index in [9.17, 15) is 12.8 Å². The number of anilines is 1. The van der Waals surface area contributed by atoms with Crippen molar-refractivity contribution in [3.05, 3.63) is 30.1 Å². The fraction of sp³-hybridized carbons (Fsp3) is 0.125. The van der Waals surface area contributed by atoms with Crippen LogP contribution in [-0.4, -0.2) is 14.2 Å². The van der Waals surface area contributed by atoms with E-state index in [1.165, 1.54) is 24.3 Å². The number of nitrogens with zero attached hydrogens (tertiary/aromatic N) is 1. The van der Waals surface area contributed by atoms with Crippen LogP contribution in [0.25, 0.3) is 0 Å². The summed E-state index contributed by atoms with van der Waals surface area (Å²) in [5, 5.41) is 8.19. The number of rotatable bonds is 3. The molecule has 0 heterocycles. The van der Waals surface area contributed by atoms with E-state index in [-0.39, 0.29) is 5.69 Å². The maximum absolute atomic E-state index is 12.6. The van der Waals surface area contributed by atoms with Crippen LogP contribution in [0.4, 0.5) is 10.1 Å². The second kappa shape index (κ2) is 4.07. The van der Waals surface area contributed by atoms with Crippen LogP contribution in [0.5, 0.6) is 0 Å². The molecule has 14 heavy (non-hydrogen) atoms. The molecule has 0 fully saturated rings. The zero-order valence-electron chi connectivity index (χ0n) is 7.07. The molecule has 0 amide bonds. The Morgan fingerprint density at radius 3 is 2.79 bits per heavy atom. The zero-order chi connectivity index (χ0) is 10.6. The van der Waals surface area contributed by atoms with E-state index in [2.05, 4.69) is 4.72 Å². The van der Waals surface area contributed by atoms with E-state index in [0.29, 0.717) is 0 Å². The maximum atomic E-state index is 12.6. The van der Waals surface area contributed by atoms with Crippen molar-refractivity contribution < 1.29 is 12.8 Å². The van der Waals surface area contributed by atoms with Crippen LogP contribution in [0.3, 0.4) is 0 Å². The third-order valence-corrected chi connectivity index (χ3v) is 2.41. The lowest BCUT2D eigenvalue weighted by Gasteiger charge is -2.03. The van der Waals surface area contributed by atoms with E-state index >= 15 is 0 Å². The van der Waals surface area contributed by atoms with Gasteiger partial charge < -0.3 is 0 Å². The highest BCUT2D eigenvalue weighted by Crippen LogP contribution is 2.10. The highest BCUT2D eigenvalue weighted by Gasteiger charge is 2.09. The first-order valence-corrected chi connectivity index (χ1v) is 5.32. The number of halogens is 1. The molecule has 0 saturated heterocycles. The molecule has 4 nitrogen and oxygen atoms in total. The molecule has 0 saturated carbocycles. The fourth-order valence-electron chi connectivity index (χ4n) is 0.853. The predicted molar refractivity (Wildman–Crippen MR) is 49.4 cm³/mol. The summed E-state index contributed by atoms with van der Waals surface area (Å²) in [7, 11) is -3.68. The lowest BCUT2D eigenvalue weighted by Crippen LogP contribution is -2.15. The molecule has 0 spiro atoms. The van der Waals surface area contributed by atoms with E-state index in [4.69, 9.17) is 5.26 Å². The van der Waals surface area contributed by atoms with E-state index < -0.39 is 21.6 Å². The van der Waals surface area contributed by atoms with Crippen molar-refractivity contribution in [3.8, 4) is 6.07 Å². The number of hydrogen-bond donors (Lipinski definition) is 1. The second-order valence-electron chi connectivity index (χ2n) is 2.53. The summed E-state index contributed by atoms with van der Waals surface area (Å²) >= 11 is 0. The number of sulfonamides is 1. The lowest BCUT2D eigenvalue weighted by molar-refractivity contribution is 0.604. The quantitative estimate of drug-likeness (QED) is 0.818. The Kier molecular flexibility index (Phi) is 3.04. The summed E-state index contributed by atoms with van der Waals surface area (Å²) in [4.78, 5) is 0. The molecule has 6 heteroatoms. The van der Waals surface area contributed by atoms with Gasteiger partial charge in [-0.1, -0.05) is 6.07 Å². The highest BCUT2D eigenvalue weighted by molar-refractivity contribution is 7.92. The Morgan fingerprint density at radius 2 is 2.21 bits per heavy atom. The predicted octanol–water partition coefficient (Wildman–Crippen LogP) is 1.09. The van der Waals surface area contributed by atoms with Crippen molar-refractivity contribution in [1.82, 2.24) is 0 Å². The number of benzene rings is 1. The highest BCUT2D eigenvalue weighted by atomic mass is 32.2. The molecule has 0 radical (unpaired) electrons. The van der Waals surface area contributed by atoms with Crippen LogP contribution in [-0.2, 0) is 10.0 Å². The van der Waals surface area contributed by atoms with Crippen LogP contribution in [0.2, 0.25) is 0 Å². The monoisotopic (exact) mass is 214 g/mol. The standard InChI is InChI=1S/C8H7FN2O2S/c9-7-2-1-3-8(6-7)11-14(12,13)5-4-10/h1-3,6,11H,5H2. The molecule has 0 aliphatic rings. The van der Waals surface area contributed by atoms with Gasteiger partial charge in [-0.2, -0.15) is 5.26 Å². The summed E-state index contributed by atoms with van der Waals surface area (Å²) in [6.45, 7) is 0. The molecule has 0 bridgehead atoms. The molecule has 0 unspecified atom stereocenters. The summed E-state index contributed by atoms with van der Waals surface area (Å²) in [6.07, 6.45) is 0. The third-order valence-electron chi connectivity index (χ3n) is 1.35. The number of nitriles is 1. The van der Waals surface area contributed by atoms with Gasteiger partial charge in [-0.15, -0.1) is 0 Å². The molecule has 74 valence electrons. The van der Waals surface area contributed by atoms with Crippen molar-refractivity contribution in [2.45, 2.75) is 0 Å². The van der Waals surface area contributed by atoms with E-state index in [0.717, 1.165) is 6.07 Å². The van der Waals surface area contributed by atoms with Gasteiger partial charge >= 0.3 is 0 Å². The van der Waals surface area contributed by atoms with Crippen LogP contribution in [0, 0.1) is 17.1 Å². The molecule has 0 atom stereocenters. The average Bonchev–Trinajstić information content (AvgIpc) is 2.02. The first kappa shape index (κ1) is 10.5.